The molecular formula is C12H14N2O5S. The molecule has 1 fully saturated rings. The summed E-state index contributed by atoms with van der Waals surface area (Å²) in [7, 11) is -3.17. The van der Waals surface area contributed by atoms with Gasteiger partial charge >= 0.3 is 5.97 Å². The van der Waals surface area contributed by atoms with Gasteiger partial charge in [-0.15, -0.1) is 0 Å². The van der Waals surface area contributed by atoms with Gasteiger partial charge in [0.2, 0.25) is 5.91 Å². The van der Waals surface area contributed by atoms with Crippen molar-refractivity contribution in [2.45, 2.75) is 6.42 Å². The monoisotopic (exact) mass is 298 g/mol. The van der Waals surface area contributed by atoms with E-state index in [1.165, 1.54) is 18.2 Å². The second-order valence-corrected chi connectivity index (χ2v) is 6.93. The molecule has 1 aromatic carbocycles. The van der Waals surface area contributed by atoms with Crippen molar-refractivity contribution in [1.82, 2.24) is 0 Å². The Kier molecular flexibility index (Phi) is 3.67. The smallest absolute Gasteiger partial charge is 0.337 e. The maximum atomic E-state index is 12.0. The second-order valence-electron chi connectivity index (χ2n) is 4.70. The van der Waals surface area contributed by atoms with E-state index in [9.17, 15) is 18.0 Å². The summed E-state index contributed by atoms with van der Waals surface area (Å²) in [6.07, 6.45) is 0.249. The number of hydrogen-bond acceptors (Lipinski definition) is 5. The first-order valence-electron chi connectivity index (χ1n) is 5.92. The molecule has 0 radical (unpaired) electrons. The third-order valence-electron chi connectivity index (χ3n) is 3.14. The number of nitrogens with two attached hydrogens (primary N) is 1. The molecule has 1 heterocycles. The molecule has 20 heavy (non-hydrogen) atoms. The fourth-order valence-corrected chi connectivity index (χ4v) is 3.83. The summed E-state index contributed by atoms with van der Waals surface area (Å²) in [5, 5.41) is 11.5. The molecule has 8 heteroatoms. The largest absolute Gasteiger partial charge is 0.478 e. The lowest BCUT2D eigenvalue weighted by atomic mass is 10.1. The van der Waals surface area contributed by atoms with E-state index in [2.05, 4.69) is 5.32 Å². The van der Waals surface area contributed by atoms with Crippen LogP contribution >= 0.6 is 0 Å². The summed E-state index contributed by atoms with van der Waals surface area (Å²) in [6, 6.07) is 4.04. The topological polar surface area (TPSA) is 127 Å². The van der Waals surface area contributed by atoms with Crippen LogP contribution in [0.4, 0.5) is 11.4 Å². The van der Waals surface area contributed by atoms with Crippen LogP contribution in [0.5, 0.6) is 0 Å². The maximum Gasteiger partial charge on any atom is 0.337 e. The molecule has 1 amide bonds. The Labute approximate surface area is 115 Å². The number of aromatic carboxylic acids is 1. The number of carbonyl (C=O) groups excluding carboxylic acids is 1. The van der Waals surface area contributed by atoms with Crippen molar-refractivity contribution in [3.05, 3.63) is 23.8 Å². The SMILES string of the molecule is Nc1ccc(C(=O)O)c(NC(=O)C2CCS(=O)(=O)C2)c1. The van der Waals surface area contributed by atoms with Crippen molar-refractivity contribution >= 4 is 33.1 Å². The molecule has 4 N–H and O–H groups in total. The molecule has 1 atom stereocenters. The molecule has 0 aromatic heterocycles. The fraction of sp³-hybridized carbons (Fsp3) is 0.333. The van der Waals surface area contributed by atoms with Crippen molar-refractivity contribution < 1.29 is 23.1 Å². The molecule has 0 aliphatic carbocycles. The zero-order valence-corrected chi connectivity index (χ0v) is 11.3. The minimum absolute atomic E-state index is 0.0200. The number of hydrogen-bond donors (Lipinski definition) is 3. The minimum Gasteiger partial charge on any atom is -0.478 e. The molecule has 0 spiro atoms. The zero-order valence-electron chi connectivity index (χ0n) is 10.5. The molecule has 7 nitrogen and oxygen atoms in total. The first kappa shape index (κ1) is 14.3. The highest BCUT2D eigenvalue weighted by atomic mass is 32.2. The normalized spacial score (nSPS) is 20.5. The van der Waals surface area contributed by atoms with Gasteiger partial charge in [-0.3, -0.25) is 4.79 Å². The first-order chi connectivity index (χ1) is 9.28. The van der Waals surface area contributed by atoms with Gasteiger partial charge in [0, 0.05) is 5.69 Å². The minimum atomic E-state index is -3.17. The first-order valence-corrected chi connectivity index (χ1v) is 7.75. The van der Waals surface area contributed by atoms with E-state index in [4.69, 9.17) is 10.8 Å². The van der Waals surface area contributed by atoms with Crippen LogP contribution < -0.4 is 11.1 Å². The van der Waals surface area contributed by atoms with Crippen LogP contribution in [0.3, 0.4) is 0 Å². The van der Waals surface area contributed by atoms with Gasteiger partial charge in [0.05, 0.1) is 28.7 Å². The highest BCUT2D eigenvalue weighted by Gasteiger charge is 2.33. The van der Waals surface area contributed by atoms with Crippen molar-refractivity contribution in [3.8, 4) is 0 Å². The van der Waals surface area contributed by atoms with Gasteiger partial charge in [0.1, 0.15) is 0 Å². The molecule has 2 rings (SSSR count). The number of benzene rings is 1. The summed E-state index contributed by atoms with van der Waals surface area (Å²) in [6.45, 7) is 0. The Morgan fingerprint density at radius 3 is 2.60 bits per heavy atom. The predicted octanol–water partition coefficient (Wildman–Crippen LogP) is 0.340. The van der Waals surface area contributed by atoms with Crippen molar-refractivity contribution in [3.63, 3.8) is 0 Å². The van der Waals surface area contributed by atoms with Crippen molar-refractivity contribution in [2.24, 2.45) is 5.92 Å². The van der Waals surface area contributed by atoms with Crippen LogP contribution in [-0.4, -0.2) is 36.9 Å². The van der Waals surface area contributed by atoms with E-state index in [0.29, 0.717) is 5.69 Å². The third kappa shape index (κ3) is 3.08. The van der Waals surface area contributed by atoms with Gasteiger partial charge in [-0.1, -0.05) is 0 Å². The molecule has 0 bridgehead atoms. The van der Waals surface area contributed by atoms with E-state index in [-0.39, 0.29) is 29.2 Å². The van der Waals surface area contributed by atoms with E-state index >= 15 is 0 Å². The molecule has 1 unspecified atom stereocenters. The number of rotatable bonds is 3. The summed E-state index contributed by atoms with van der Waals surface area (Å²) in [5.74, 6) is -2.57. The Hall–Kier alpha value is -2.09. The van der Waals surface area contributed by atoms with Crippen molar-refractivity contribution in [2.75, 3.05) is 22.6 Å². The maximum absolute atomic E-state index is 12.0. The van der Waals surface area contributed by atoms with Gasteiger partial charge in [-0.25, -0.2) is 13.2 Å². The lowest BCUT2D eigenvalue weighted by molar-refractivity contribution is -0.119. The summed E-state index contributed by atoms with van der Waals surface area (Å²) < 4.78 is 22.7. The number of nitrogens with one attached hydrogen (secondary N) is 1. The Morgan fingerprint density at radius 2 is 2.05 bits per heavy atom. The summed E-state index contributed by atoms with van der Waals surface area (Å²) in [5.41, 5.74) is 5.86. The lowest BCUT2D eigenvalue weighted by Crippen LogP contribution is -2.24. The molecule has 1 aromatic rings. The lowest BCUT2D eigenvalue weighted by Gasteiger charge is -2.12. The van der Waals surface area contributed by atoms with Crippen LogP contribution in [0.15, 0.2) is 18.2 Å². The van der Waals surface area contributed by atoms with Gasteiger partial charge in [0.25, 0.3) is 0 Å². The molecule has 108 valence electrons. The van der Waals surface area contributed by atoms with Crippen LogP contribution in [0, 0.1) is 5.92 Å². The Morgan fingerprint density at radius 1 is 1.35 bits per heavy atom. The zero-order chi connectivity index (χ0) is 14.9. The van der Waals surface area contributed by atoms with E-state index in [0.717, 1.165) is 0 Å². The van der Waals surface area contributed by atoms with Gasteiger partial charge < -0.3 is 16.2 Å². The number of carboxylic acid groups (broad SMARTS) is 1. The molecule has 0 saturated carbocycles. The average Bonchev–Trinajstić information content (AvgIpc) is 2.69. The van der Waals surface area contributed by atoms with Crippen LogP contribution in [0.25, 0.3) is 0 Å². The summed E-state index contributed by atoms with van der Waals surface area (Å²) in [4.78, 5) is 23.0. The fourth-order valence-electron chi connectivity index (χ4n) is 2.09. The number of nitrogen functional groups attached to an aromatic ring is 1. The van der Waals surface area contributed by atoms with Crippen LogP contribution in [0.2, 0.25) is 0 Å². The Balaban J connectivity index is 2.20. The standard InChI is InChI=1S/C12H14N2O5S/c13-8-1-2-9(12(16)17)10(5-8)14-11(15)7-3-4-20(18,19)6-7/h1-2,5,7H,3-4,6,13H2,(H,14,15)(H,16,17). The van der Waals surface area contributed by atoms with E-state index in [1.54, 1.807) is 0 Å². The average molecular weight is 298 g/mol. The number of carboxylic acids is 1. The second kappa shape index (κ2) is 5.12. The van der Waals surface area contributed by atoms with Gasteiger partial charge in [0.15, 0.2) is 9.84 Å². The highest BCUT2D eigenvalue weighted by Crippen LogP contribution is 2.23. The number of anilines is 2. The van der Waals surface area contributed by atoms with E-state index < -0.39 is 27.6 Å². The van der Waals surface area contributed by atoms with Gasteiger partial charge in [-0.05, 0) is 24.6 Å². The molecule has 1 aliphatic rings. The van der Waals surface area contributed by atoms with Crippen LogP contribution in [0.1, 0.15) is 16.8 Å². The number of carbonyl (C=O) groups is 2. The van der Waals surface area contributed by atoms with E-state index in [1.807, 2.05) is 0 Å². The third-order valence-corrected chi connectivity index (χ3v) is 4.90. The number of sulfone groups is 1. The number of amides is 1. The van der Waals surface area contributed by atoms with Crippen LogP contribution in [-0.2, 0) is 14.6 Å². The van der Waals surface area contributed by atoms with Crippen molar-refractivity contribution in [1.29, 1.82) is 0 Å². The Bertz CT molecular complexity index is 668. The summed E-state index contributed by atoms with van der Waals surface area (Å²) >= 11 is 0. The molecule has 1 aliphatic heterocycles. The predicted molar refractivity (Wildman–Crippen MR) is 73.2 cm³/mol. The van der Waals surface area contributed by atoms with Gasteiger partial charge in [-0.2, -0.15) is 0 Å². The molecule has 1 saturated heterocycles. The molecular weight excluding hydrogens is 284 g/mol. The highest BCUT2D eigenvalue weighted by molar-refractivity contribution is 7.91. The quantitative estimate of drug-likeness (QED) is 0.691.